The molecule has 4 aromatic rings. The number of nitrogens with zero attached hydrogens (tertiary/aromatic N) is 4. The van der Waals surface area contributed by atoms with E-state index in [-0.39, 0.29) is 53.4 Å². The molecule has 1 saturated heterocycles. The fourth-order valence-corrected chi connectivity index (χ4v) is 10.0. The SMILES string of the molecule is COc1cc2nc3c(cc2c(OC)c1OC)CN(S(=O)(=O)c1cc(C)ccc1C)CCCCN(C(=O)c1cccc(S(C)(=O)=O)c1)CC(=O)NCC1CCCN3C1. The zero-order chi connectivity index (χ0) is 41.1. The maximum absolute atomic E-state index is 14.8. The smallest absolute Gasteiger partial charge is 0.254 e. The number of sulfonamides is 1. The first kappa shape index (κ1) is 41.7. The van der Waals surface area contributed by atoms with E-state index < -0.39 is 25.8 Å². The van der Waals surface area contributed by atoms with Crippen LogP contribution in [0.1, 0.15) is 52.7 Å². The highest BCUT2D eigenvalue weighted by Gasteiger charge is 2.32. The van der Waals surface area contributed by atoms with Crippen molar-refractivity contribution in [3.05, 3.63) is 76.9 Å². The standard InChI is InChI=1S/C41H51N5O9S2/c1-27-14-15-28(2)36(19-27)57(51,52)46-18-8-7-16-45(41(48)30-12-9-13-32(20-30)56(6,49)50)26-37(47)42-23-29-11-10-17-44(24-29)40-31(25-46)21-33-34(43-40)22-35(53-3)39(55-5)38(33)54-4/h9,12-15,19-22,29H,7-8,10-11,16-18,23-26H2,1-6H3,(H,42,47). The number of aryl methyl sites for hydroxylation is 2. The Morgan fingerprint density at radius 2 is 1.61 bits per heavy atom. The molecule has 2 aliphatic heterocycles. The lowest BCUT2D eigenvalue weighted by atomic mass is 9.97. The number of aromatic nitrogens is 1. The number of anilines is 1. The number of carbonyl (C=O) groups is 2. The van der Waals surface area contributed by atoms with Gasteiger partial charge >= 0.3 is 0 Å². The summed E-state index contributed by atoms with van der Waals surface area (Å²) in [6, 6.07) is 14.8. The van der Waals surface area contributed by atoms with E-state index in [2.05, 4.69) is 10.2 Å². The monoisotopic (exact) mass is 821 g/mol. The topological polar surface area (TPSA) is 165 Å². The molecule has 2 bridgehead atoms. The van der Waals surface area contributed by atoms with Gasteiger partial charge in [-0.2, -0.15) is 4.31 Å². The van der Waals surface area contributed by atoms with Crippen LogP contribution in [-0.2, 0) is 31.2 Å². The summed E-state index contributed by atoms with van der Waals surface area (Å²) in [4.78, 5) is 36.3. The highest BCUT2D eigenvalue weighted by atomic mass is 32.2. The van der Waals surface area contributed by atoms with Gasteiger partial charge in [0.1, 0.15) is 5.82 Å². The lowest BCUT2D eigenvalue weighted by Gasteiger charge is -2.36. The van der Waals surface area contributed by atoms with Gasteiger partial charge in [-0.25, -0.2) is 21.8 Å². The highest BCUT2D eigenvalue weighted by Crippen LogP contribution is 2.44. The molecule has 0 saturated carbocycles. The van der Waals surface area contributed by atoms with E-state index in [9.17, 15) is 26.4 Å². The Kier molecular flexibility index (Phi) is 12.6. The maximum atomic E-state index is 14.8. The van der Waals surface area contributed by atoms with Gasteiger partial charge in [-0.05, 0) is 86.9 Å². The van der Waals surface area contributed by atoms with Gasteiger partial charge in [0.25, 0.3) is 5.91 Å². The van der Waals surface area contributed by atoms with Gasteiger partial charge in [0.15, 0.2) is 21.3 Å². The number of ether oxygens (including phenoxy) is 3. The van der Waals surface area contributed by atoms with Crippen LogP contribution in [0, 0.1) is 19.8 Å². The molecule has 306 valence electrons. The zero-order valence-corrected chi connectivity index (χ0v) is 35.0. The van der Waals surface area contributed by atoms with Crippen molar-refractivity contribution in [3.63, 3.8) is 0 Å². The summed E-state index contributed by atoms with van der Waals surface area (Å²) in [5, 5.41) is 3.66. The van der Waals surface area contributed by atoms with E-state index in [1.165, 1.54) is 47.7 Å². The number of piperidine rings is 1. The number of methoxy groups -OCH3 is 3. The molecule has 14 nitrogen and oxygen atoms in total. The van der Waals surface area contributed by atoms with Crippen LogP contribution in [0.15, 0.2) is 64.4 Å². The molecule has 2 amide bonds. The summed E-state index contributed by atoms with van der Waals surface area (Å²) < 4.78 is 72.8. The maximum Gasteiger partial charge on any atom is 0.254 e. The first-order chi connectivity index (χ1) is 27.1. The number of pyridine rings is 1. The zero-order valence-electron chi connectivity index (χ0n) is 33.3. The van der Waals surface area contributed by atoms with Crippen LogP contribution < -0.4 is 24.4 Å². The molecule has 16 heteroatoms. The van der Waals surface area contributed by atoms with Crippen LogP contribution in [-0.4, -0.2) is 110 Å². The number of benzene rings is 3. The lowest BCUT2D eigenvalue weighted by Crippen LogP contribution is -2.45. The predicted octanol–water partition coefficient (Wildman–Crippen LogP) is 4.74. The number of rotatable bonds is 7. The second kappa shape index (κ2) is 17.3. The number of hydrogen-bond donors (Lipinski definition) is 1. The van der Waals surface area contributed by atoms with Crippen molar-refractivity contribution in [2.45, 2.75) is 55.9 Å². The molecule has 3 heterocycles. The van der Waals surface area contributed by atoms with Crippen molar-refractivity contribution < 1.29 is 40.6 Å². The van der Waals surface area contributed by atoms with Crippen LogP contribution in [0.2, 0.25) is 0 Å². The summed E-state index contributed by atoms with van der Waals surface area (Å²) in [6.45, 7) is 5.17. The van der Waals surface area contributed by atoms with Crippen molar-refractivity contribution in [2.24, 2.45) is 5.92 Å². The Balaban J connectivity index is 1.45. The minimum absolute atomic E-state index is 0.000831. The molecule has 2 aliphatic rings. The summed E-state index contributed by atoms with van der Waals surface area (Å²) in [6.07, 6.45) is 3.41. The minimum Gasteiger partial charge on any atom is -0.493 e. The minimum atomic E-state index is -4.08. The van der Waals surface area contributed by atoms with Crippen molar-refractivity contribution >= 4 is 48.4 Å². The molecule has 57 heavy (non-hydrogen) atoms. The normalized spacial score (nSPS) is 17.8. The average molecular weight is 822 g/mol. The van der Waals surface area contributed by atoms with Crippen LogP contribution in [0.25, 0.3) is 10.9 Å². The molecule has 6 rings (SSSR count). The summed E-state index contributed by atoms with van der Waals surface area (Å²) in [7, 11) is -3.07. The van der Waals surface area contributed by atoms with E-state index in [1.807, 2.05) is 19.1 Å². The molecule has 1 fully saturated rings. The predicted molar refractivity (Wildman–Crippen MR) is 218 cm³/mol. The van der Waals surface area contributed by atoms with Gasteiger partial charge in [-0.3, -0.25) is 9.59 Å². The van der Waals surface area contributed by atoms with Crippen LogP contribution >= 0.6 is 0 Å². The Hall–Kier alpha value is -4.93. The third-order valence-electron chi connectivity index (χ3n) is 10.6. The number of carbonyl (C=O) groups excluding carboxylic acids is 2. The third-order valence-corrected chi connectivity index (χ3v) is 13.7. The average Bonchev–Trinajstić information content (AvgIpc) is 3.19. The molecule has 0 radical (unpaired) electrons. The van der Waals surface area contributed by atoms with Gasteiger partial charge in [0.05, 0.1) is 43.2 Å². The first-order valence-corrected chi connectivity index (χ1v) is 22.3. The Labute approximate surface area is 335 Å². The van der Waals surface area contributed by atoms with E-state index >= 15 is 0 Å². The van der Waals surface area contributed by atoms with E-state index in [0.29, 0.717) is 77.6 Å². The lowest BCUT2D eigenvalue weighted by molar-refractivity contribution is -0.122. The van der Waals surface area contributed by atoms with Crippen LogP contribution in [0.5, 0.6) is 17.2 Å². The molecule has 1 aromatic heterocycles. The first-order valence-electron chi connectivity index (χ1n) is 19.0. The van der Waals surface area contributed by atoms with Gasteiger partial charge < -0.3 is 29.3 Å². The van der Waals surface area contributed by atoms with Crippen LogP contribution in [0.3, 0.4) is 0 Å². The molecular formula is C41H51N5O9S2. The molecule has 3 aromatic carbocycles. The quantitative estimate of drug-likeness (QED) is 0.274. The molecular weight excluding hydrogens is 771 g/mol. The number of nitrogens with one attached hydrogen (secondary N) is 1. The fraction of sp³-hybridized carbons (Fsp3) is 0.439. The molecule has 1 atom stereocenters. The third kappa shape index (κ3) is 9.13. The van der Waals surface area contributed by atoms with Crippen molar-refractivity contribution in [2.75, 3.05) is 71.8 Å². The van der Waals surface area contributed by atoms with Crippen molar-refractivity contribution in [1.82, 2.24) is 19.5 Å². The van der Waals surface area contributed by atoms with Gasteiger partial charge in [-0.15, -0.1) is 0 Å². The number of hydrogen-bond acceptors (Lipinski definition) is 11. The van der Waals surface area contributed by atoms with E-state index in [1.54, 1.807) is 32.2 Å². The number of sulfone groups is 1. The molecule has 1 N–H and O–H groups in total. The van der Waals surface area contributed by atoms with Gasteiger partial charge in [-0.1, -0.05) is 18.2 Å². The summed E-state index contributed by atoms with van der Waals surface area (Å²) in [5.74, 6) is 1.07. The van der Waals surface area contributed by atoms with E-state index in [0.717, 1.165) is 24.7 Å². The van der Waals surface area contributed by atoms with Crippen LogP contribution in [0.4, 0.5) is 5.82 Å². The molecule has 0 aliphatic carbocycles. The molecule has 1 unspecified atom stereocenters. The second-order valence-corrected chi connectivity index (χ2v) is 18.7. The summed E-state index contributed by atoms with van der Waals surface area (Å²) >= 11 is 0. The van der Waals surface area contributed by atoms with E-state index in [4.69, 9.17) is 19.2 Å². The Morgan fingerprint density at radius 3 is 2.33 bits per heavy atom. The Bertz CT molecular complexity index is 2390. The Morgan fingerprint density at radius 1 is 0.860 bits per heavy atom. The highest BCUT2D eigenvalue weighted by molar-refractivity contribution is 7.90. The number of fused-ring (bicyclic) bond motifs is 5. The van der Waals surface area contributed by atoms with Gasteiger partial charge in [0.2, 0.25) is 21.7 Å². The second-order valence-electron chi connectivity index (χ2n) is 14.8. The fourth-order valence-electron chi connectivity index (χ4n) is 7.61. The largest absolute Gasteiger partial charge is 0.493 e. The van der Waals surface area contributed by atoms with Gasteiger partial charge in [0, 0.05) is 68.1 Å². The summed E-state index contributed by atoms with van der Waals surface area (Å²) in [5.41, 5.74) is 2.81. The number of amides is 2. The van der Waals surface area contributed by atoms with Crippen molar-refractivity contribution in [3.8, 4) is 17.2 Å². The molecule has 0 spiro atoms. The van der Waals surface area contributed by atoms with Crippen molar-refractivity contribution in [1.29, 1.82) is 0 Å².